The van der Waals surface area contributed by atoms with Gasteiger partial charge in [-0.05, 0) is 13.0 Å². The molecule has 0 spiro atoms. The first-order valence-electron chi connectivity index (χ1n) is 7.73. The van der Waals surface area contributed by atoms with Crippen molar-refractivity contribution in [2.45, 2.75) is 31.6 Å². The highest BCUT2D eigenvalue weighted by Crippen LogP contribution is 2.39. The number of hydrogen-bond donors (Lipinski definition) is 1. The lowest BCUT2D eigenvalue weighted by atomic mass is 9.94. The molecule has 1 N–H and O–H groups in total. The van der Waals surface area contributed by atoms with Crippen LogP contribution in [0.1, 0.15) is 24.2 Å². The Labute approximate surface area is 126 Å². The number of anilines is 1. The summed E-state index contributed by atoms with van der Waals surface area (Å²) in [5, 5.41) is 3.34. The third kappa shape index (κ3) is 2.33. The Morgan fingerprint density at radius 2 is 2.14 bits per heavy atom. The number of fused-ring (bicyclic) bond motifs is 3. The van der Waals surface area contributed by atoms with Crippen LogP contribution in [0.25, 0.3) is 11.1 Å². The first-order chi connectivity index (χ1) is 10.6. The maximum absolute atomic E-state index is 13.7. The van der Waals surface area contributed by atoms with Gasteiger partial charge in [0.2, 0.25) is 0 Å². The molecule has 0 saturated carbocycles. The summed E-state index contributed by atoms with van der Waals surface area (Å²) in [4.78, 5) is 10.7. The van der Waals surface area contributed by atoms with E-state index in [1.54, 1.807) is 0 Å². The Kier molecular flexibility index (Phi) is 3.25. The topological polar surface area (TPSA) is 54.2 Å². The molecule has 0 aromatic carbocycles. The summed E-state index contributed by atoms with van der Waals surface area (Å²) < 4.78 is 33.3. The van der Waals surface area contributed by atoms with E-state index in [-0.39, 0.29) is 19.3 Å². The van der Waals surface area contributed by atoms with Crippen LogP contribution in [-0.4, -0.2) is 42.1 Å². The molecule has 118 valence electrons. The predicted molar refractivity (Wildman–Crippen MR) is 78.5 cm³/mol. The Bertz CT molecular complexity index is 692. The number of halogens is 2. The summed E-state index contributed by atoms with van der Waals surface area (Å²) in [6.07, 6.45) is 2.30. The Morgan fingerprint density at radius 3 is 3.05 bits per heavy atom. The van der Waals surface area contributed by atoms with Crippen molar-refractivity contribution in [1.29, 1.82) is 0 Å². The van der Waals surface area contributed by atoms with Crippen LogP contribution in [0.3, 0.4) is 0 Å². The summed E-state index contributed by atoms with van der Waals surface area (Å²) in [6, 6.07) is 0. The maximum atomic E-state index is 13.7. The molecular formula is C15H18F2N4O. The van der Waals surface area contributed by atoms with Gasteiger partial charge >= 0.3 is 0 Å². The number of hydrogen-bond acceptors (Lipinski definition) is 5. The van der Waals surface area contributed by atoms with E-state index in [9.17, 15) is 8.78 Å². The lowest BCUT2D eigenvalue weighted by molar-refractivity contribution is -0.0140. The fourth-order valence-electron chi connectivity index (χ4n) is 3.30. The summed E-state index contributed by atoms with van der Waals surface area (Å²) in [6.45, 7) is 3.56. The fraction of sp³-hybridized carbons (Fsp3) is 0.600. The summed E-state index contributed by atoms with van der Waals surface area (Å²) >= 11 is 0. The third-order valence-electron chi connectivity index (χ3n) is 4.43. The zero-order valence-electron chi connectivity index (χ0n) is 12.2. The Morgan fingerprint density at radius 1 is 1.23 bits per heavy atom. The van der Waals surface area contributed by atoms with Crippen LogP contribution in [0.4, 0.5) is 14.6 Å². The quantitative estimate of drug-likeness (QED) is 0.875. The van der Waals surface area contributed by atoms with E-state index in [0.29, 0.717) is 22.4 Å². The van der Waals surface area contributed by atoms with Crippen LogP contribution < -0.4 is 10.2 Å². The zero-order chi connectivity index (χ0) is 15.2. The van der Waals surface area contributed by atoms with Gasteiger partial charge in [-0.1, -0.05) is 0 Å². The van der Waals surface area contributed by atoms with Crippen molar-refractivity contribution in [3.8, 4) is 0 Å². The van der Waals surface area contributed by atoms with Crippen LogP contribution in [0, 0.1) is 0 Å². The number of furan rings is 1. The zero-order valence-corrected chi connectivity index (χ0v) is 12.2. The minimum absolute atomic E-state index is 0.157. The van der Waals surface area contributed by atoms with Crippen molar-refractivity contribution in [2.75, 3.05) is 31.1 Å². The summed E-state index contributed by atoms with van der Waals surface area (Å²) in [7, 11) is 0. The molecule has 1 saturated heterocycles. The SMILES string of the molecule is FC1(F)CCc2oc3c(N4CCCNCC4)ncnc3c2C1. The molecule has 1 aliphatic carbocycles. The maximum Gasteiger partial charge on any atom is 0.252 e. The van der Waals surface area contributed by atoms with E-state index < -0.39 is 5.92 Å². The summed E-state index contributed by atoms with van der Waals surface area (Å²) in [5.41, 5.74) is 1.67. The van der Waals surface area contributed by atoms with Crippen molar-refractivity contribution in [2.24, 2.45) is 0 Å². The molecule has 0 atom stereocenters. The molecule has 0 bridgehead atoms. The van der Waals surface area contributed by atoms with Crippen LogP contribution >= 0.6 is 0 Å². The average Bonchev–Trinajstić information content (AvgIpc) is 2.69. The predicted octanol–water partition coefficient (Wildman–Crippen LogP) is 2.15. The second-order valence-corrected chi connectivity index (χ2v) is 6.00. The lowest BCUT2D eigenvalue weighted by Gasteiger charge is -2.20. The molecule has 2 aromatic rings. The van der Waals surface area contributed by atoms with Crippen LogP contribution in [0.15, 0.2) is 10.7 Å². The third-order valence-corrected chi connectivity index (χ3v) is 4.43. The van der Waals surface area contributed by atoms with Crippen molar-refractivity contribution < 1.29 is 13.2 Å². The standard InChI is InChI=1S/C15H18F2N4O/c16-15(17)3-2-11-10(8-15)12-13(22-11)14(20-9-19-12)21-6-1-4-18-5-7-21/h9,18H,1-8H2. The Balaban J connectivity index is 1.79. The van der Waals surface area contributed by atoms with Gasteiger partial charge in [0.25, 0.3) is 5.92 Å². The van der Waals surface area contributed by atoms with Gasteiger partial charge in [-0.2, -0.15) is 0 Å². The number of alkyl halides is 2. The molecule has 2 aromatic heterocycles. The number of aryl methyl sites for hydroxylation is 1. The molecule has 22 heavy (non-hydrogen) atoms. The molecule has 0 unspecified atom stereocenters. The molecule has 4 rings (SSSR count). The number of aromatic nitrogens is 2. The molecule has 2 aliphatic rings. The molecule has 1 aliphatic heterocycles. The van der Waals surface area contributed by atoms with Crippen LogP contribution in [-0.2, 0) is 12.8 Å². The highest BCUT2D eigenvalue weighted by atomic mass is 19.3. The van der Waals surface area contributed by atoms with Gasteiger partial charge in [0.15, 0.2) is 11.4 Å². The van der Waals surface area contributed by atoms with Gasteiger partial charge < -0.3 is 14.6 Å². The molecule has 1 fully saturated rings. The minimum atomic E-state index is -2.67. The molecule has 5 nitrogen and oxygen atoms in total. The van der Waals surface area contributed by atoms with Gasteiger partial charge in [-0.25, -0.2) is 18.7 Å². The molecule has 3 heterocycles. The summed E-state index contributed by atoms with van der Waals surface area (Å²) in [5.74, 6) is -1.29. The van der Waals surface area contributed by atoms with Gasteiger partial charge in [-0.15, -0.1) is 0 Å². The number of nitrogens with one attached hydrogen (secondary N) is 1. The van der Waals surface area contributed by atoms with Crippen molar-refractivity contribution >= 4 is 16.9 Å². The van der Waals surface area contributed by atoms with Gasteiger partial charge in [0.1, 0.15) is 17.6 Å². The highest BCUT2D eigenvalue weighted by Gasteiger charge is 2.38. The number of rotatable bonds is 1. The normalized spacial score (nSPS) is 21.6. The van der Waals surface area contributed by atoms with Gasteiger partial charge in [0.05, 0.1) is 0 Å². The van der Waals surface area contributed by atoms with E-state index in [1.807, 2.05) is 0 Å². The molecule has 0 radical (unpaired) electrons. The largest absolute Gasteiger partial charge is 0.455 e. The van der Waals surface area contributed by atoms with E-state index in [1.165, 1.54) is 6.33 Å². The monoisotopic (exact) mass is 308 g/mol. The van der Waals surface area contributed by atoms with Crippen LogP contribution in [0.5, 0.6) is 0 Å². The van der Waals surface area contributed by atoms with Gasteiger partial charge in [-0.3, -0.25) is 0 Å². The molecular weight excluding hydrogens is 290 g/mol. The smallest absolute Gasteiger partial charge is 0.252 e. The highest BCUT2D eigenvalue weighted by molar-refractivity contribution is 5.87. The van der Waals surface area contributed by atoms with E-state index in [0.717, 1.165) is 38.4 Å². The van der Waals surface area contributed by atoms with Crippen molar-refractivity contribution in [3.63, 3.8) is 0 Å². The lowest BCUT2D eigenvalue weighted by Crippen LogP contribution is -2.28. The van der Waals surface area contributed by atoms with E-state index in [2.05, 4.69) is 20.2 Å². The van der Waals surface area contributed by atoms with E-state index >= 15 is 0 Å². The first kappa shape index (κ1) is 13.9. The Hall–Kier alpha value is -1.76. The van der Waals surface area contributed by atoms with Crippen molar-refractivity contribution in [3.05, 3.63) is 17.7 Å². The molecule has 0 amide bonds. The fourth-order valence-corrected chi connectivity index (χ4v) is 3.30. The second kappa shape index (κ2) is 5.15. The minimum Gasteiger partial charge on any atom is -0.455 e. The van der Waals surface area contributed by atoms with E-state index in [4.69, 9.17) is 4.42 Å². The van der Waals surface area contributed by atoms with Crippen LogP contribution in [0.2, 0.25) is 0 Å². The van der Waals surface area contributed by atoms with Crippen molar-refractivity contribution in [1.82, 2.24) is 15.3 Å². The first-order valence-corrected chi connectivity index (χ1v) is 7.73. The number of nitrogens with zero attached hydrogens (tertiary/aromatic N) is 3. The average molecular weight is 308 g/mol. The molecule has 7 heteroatoms. The van der Waals surface area contributed by atoms with Gasteiger partial charge in [0, 0.05) is 44.5 Å². The second-order valence-electron chi connectivity index (χ2n) is 6.00.